The van der Waals surface area contributed by atoms with E-state index in [1.165, 1.54) is 42.5 Å². The van der Waals surface area contributed by atoms with Crippen LogP contribution in [0.15, 0.2) is 107 Å². The van der Waals surface area contributed by atoms with Gasteiger partial charge in [0.05, 0.1) is 16.4 Å². The first-order valence-electron chi connectivity index (χ1n) is 11.9. The van der Waals surface area contributed by atoms with Crippen LogP contribution in [0, 0.1) is 6.92 Å². The van der Waals surface area contributed by atoms with Crippen molar-refractivity contribution in [3.05, 3.63) is 108 Å². The summed E-state index contributed by atoms with van der Waals surface area (Å²) < 4.78 is 61.2. The number of ether oxygens (including phenoxy) is 1. The van der Waals surface area contributed by atoms with Crippen molar-refractivity contribution in [2.45, 2.75) is 23.6 Å². The molecule has 0 fully saturated rings. The van der Waals surface area contributed by atoms with E-state index in [-0.39, 0.29) is 21.0 Å². The van der Waals surface area contributed by atoms with E-state index in [2.05, 4.69) is 14.8 Å². The van der Waals surface area contributed by atoms with Gasteiger partial charge in [0.25, 0.3) is 26.0 Å². The molecule has 0 aliphatic heterocycles. The monoisotopic (exact) mass is 565 g/mol. The maximum Gasteiger partial charge on any atom is 0.261 e. The number of rotatable bonds is 10. The molecule has 0 aromatic heterocycles. The Hall–Kier alpha value is -4.35. The fourth-order valence-corrected chi connectivity index (χ4v) is 5.68. The Labute approximate surface area is 228 Å². The standard InChI is InChI=1S/C28H27N3O6S2/c1-3-37-25-13-9-23(10-14-25)30-38(33,34)27-17-11-22(12-18-27)29-28(32)21-5-4-6-24(19-21)31-39(35,36)26-15-7-20(2)8-16-26/h4-19,30-31H,3H2,1-2H3,(H,29,32). The maximum atomic E-state index is 12.8. The van der Waals surface area contributed by atoms with Crippen LogP contribution >= 0.6 is 0 Å². The molecule has 39 heavy (non-hydrogen) atoms. The van der Waals surface area contributed by atoms with Gasteiger partial charge < -0.3 is 10.1 Å². The number of aryl methyl sites for hydroxylation is 1. The van der Waals surface area contributed by atoms with Crippen molar-refractivity contribution in [1.82, 2.24) is 0 Å². The molecule has 0 radical (unpaired) electrons. The molecular formula is C28H27N3O6S2. The molecule has 0 saturated heterocycles. The number of carbonyl (C=O) groups excluding carboxylic acids is 1. The van der Waals surface area contributed by atoms with Gasteiger partial charge in [-0.25, -0.2) is 16.8 Å². The summed E-state index contributed by atoms with van der Waals surface area (Å²) in [7, 11) is -7.68. The maximum absolute atomic E-state index is 12.8. The Morgan fingerprint density at radius 3 is 1.82 bits per heavy atom. The Kier molecular flexibility index (Phi) is 8.22. The summed E-state index contributed by atoms with van der Waals surface area (Å²) in [5.74, 6) is 0.143. The van der Waals surface area contributed by atoms with E-state index >= 15 is 0 Å². The summed E-state index contributed by atoms with van der Waals surface area (Å²) in [6.07, 6.45) is 0. The quantitative estimate of drug-likeness (QED) is 0.241. The van der Waals surface area contributed by atoms with Gasteiger partial charge >= 0.3 is 0 Å². The number of benzene rings is 4. The first-order valence-corrected chi connectivity index (χ1v) is 14.9. The molecule has 0 aliphatic rings. The van der Waals surface area contributed by atoms with Gasteiger partial charge in [-0.15, -0.1) is 0 Å². The van der Waals surface area contributed by atoms with Crippen molar-refractivity contribution in [2.24, 2.45) is 0 Å². The van der Waals surface area contributed by atoms with Crippen LogP contribution in [0.25, 0.3) is 0 Å². The largest absolute Gasteiger partial charge is 0.494 e. The second-order valence-corrected chi connectivity index (χ2v) is 11.9. The lowest BCUT2D eigenvalue weighted by atomic mass is 10.2. The van der Waals surface area contributed by atoms with Gasteiger partial charge in [-0.3, -0.25) is 14.2 Å². The number of hydrogen-bond donors (Lipinski definition) is 3. The molecule has 3 N–H and O–H groups in total. The van der Waals surface area contributed by atoms with Gasteiger partial charge in [0, 0.05) is 22.6 Å². The zero-order valence-electron chi connectivity index (χ0n) is 21.2. The first kappa shape index (κ1) is 27.7. The Balaban J connectivity index is 1.42. The van der Waals surface area contributed by atoms with E-state index in [9.17, 15) is 21.6 Å². The number of carbonyl (C=O) groups is 1. The van der Waals surface area contributed by atoms with Gasteiger partial charge in [-0.05, 0) is 92.7 Å². The SMILES string of the molecule is CCOc1ccc(NS(=O)(=O)c2ccc(NC(=O)c3cccc(NS(=O)(=O)c4ccc(C)cc4)c3)cc2)cc1. The number of sulfonamides is 2. The summed E-state index contributed by atoms with van der Waals surface area (Å²) in [5.41, 5.74) is 2.12. The fourth-order valence-electron chi connectivity index (χ4n) is 3.58. The molecule has 0 heterocycles. The fraction of sp³-hybridized carbons (Fsp3) is 0.107. The molecule has 4 rings (SSSR count). The summed E-state index contributed by atoms with van der Waals surface area (Å²) in [4.78, 5) is 12.9. The van der Waals surface area contributed by atoms with Gasteiger partial charge in [0.1, 0.15) is 5.75 Å². The van der Waals surface area contributed by atoms with E-state index in [1.54, 1.807) is 54.6 Å². The number of hydrogen-bond acceptors (Lipinski definition) is 6. The van der Waals surface area contributed by atoms with Crippen LogP contribution < -0.4 is 19.5 Å². The highest BCUT2D eigenvalue weighted by atomic mass is 32.2. The zero-order valence-corrected chi connectivity index (χ0v) is 22.8. The van der Waals surface area contributed by atoms with E-state index in [4.69, 9.17) is 4.74 Å². The molecule has 4 aromatic rings. The molecule has 0 unspecified atom stereocenters. The van der Waals surface area contributed by atoms with E-state index < -0.39 is 26.0 Å². The predicted octanol–water partition coefficient (Wildman–Crippen LogP) is 5.25. The molecule has 0 aliphatic carbocycles. The van der Waals surface area contributed by atoms with Crippen LogP contribution in [0.3, 0.4) is 0 Å². The van der Waals surface area contributed by atoms with Crippen molar-refractivity contribution in [1.29, 1.82) is 0 Å². The lowest BCUT2D eigenvalue weighted by Gasteiger charge is -2.11. The molecule has 0 bridgehead atoms. The highest BCUT2D eigenvalue weighted by Gasteiger charge is 2.17. The average Bonchev–Trinajstić information content (AvgIpc) is 2.90. The molecule has 0 saturated carbocycles. The molecule has 0 spiro atoms. The van der Waals surface area contributed by atoms with Crippen molar-refractivity contribution >= 4 is 43.0 Å². The second-order valence-electron chi connectivity index (χ2n) is 8.54. The van der Waals surface area contributed by atoms with Gasteiger partial charge in [-0.1, -0.05) is 23.8 Å². The predicted molar refractivity (Wildman–Crippen MR) is 151 cm³/mol. The van der Waals surface area contributed by atoms with Crippen LogP contribution in [0.1, 0.15) is 22.8 Å². The van der Waals surface area contributed by atoms with Gasteiger partial charge in [-0.2, -0.15) is 0 Å². The van der Waals surface area contributed by atoms with Crippen LogP contribution in [0.4, 0.5) is 17.1 Å². The van der Waals surface area contributed by atoms with Crippen molar-refractivity contribution in [3.63, 3.8) is 0 Å². The zero-order chi connectivity index (χ0) is 28.0. The van der Waals surface area contributed by atoms with Crippen molar-refractivity contribution < 1.29 is 26.4 Å². The Bertz CT molecular complexity index is 1670. The summed E-state index contributed by atoms with van der Waals surface area (Å²) in [5, 5.41) is 2.69. The van der Waals surface area contributed by atoms with Crippen molar-refractivity contribution in [2.75, 3.05) is 21.4 Å². The summed E-state index contributed by atoms with van der Waals surface area (Å²) >= 11 is 0. The molecular weight excluding hydrogens is 538 g/mol. The number of anilines is 3. The van der Waals surface area contributed by atoms with Crippen LogP contribution in [-0.4, -0.2) is 29.3 Å². The first-order chi connectivity index (χ1) is 18.6. The Morgan fingerprint density at radius 1 is 0.692 bits per heavy atom. The smallest absolute Gasteiger partial charge is 0.261 e. The average molecular weight is 566 g/mol. The normalized spacial score (nSPS) is 11.4. The van der Waals surface area contributed by atoms with Crippen LogP contribution in [0.2, 0.25) is 0 Å². The van der Waals surface area contributed by atoms with E-state index in [0.29, 0.717) is 23.7 Å². The third-order valence-corrected chi connectivity index (χ3v) is 8.34. The van der Waals surface area contributed by atoms with Gasteiger partial charge in [0.2, 0.25) is 0 Å². The van der Waals surface area contributed by atoms with E-state index in [1.807, 2.05) is 13.8 Å². The highest BCUT2D eigenvalue weighted by molar-refractivity contribution is 7.93. The minimum atomic E-state index is -3.85. The van der Waals surface area contributed by atoms with Gasteiger partial charge in [0.15, 0.2) is 0 Å². The molecule has 202 valence electrons. The molecule has 11 heteroatoms. The topological polar surface area (TPSA) is 131 Å². The minimum Gasteiger partial charge on any atom is -0.494 e. The summed E-state index contributed by atoms with van der Waals surface area (Å²) in [6.45, 7) is 4.22. The third kappa shape index (κ3) is 7.15. The lowest BCUT2D eigenvalue weighted by Crippen LogP contribution is -2.15. The molecule has 4 aromatic carbocycles. The molecule has 0 atom stereocenters. The lowest BCUT2D eigenvalue weighted by molar-refractivity contribution is 0.102. The van der Waals surface area contributed by atoms with Crippen LogP contribution in [0.5, 0.6) is 5.75 Å². The number of amides is 1. The summed E-state index contributed by atoms with van der Waals surface area (Å²) in [6, 6.07) is 24.7. The molecule has 9 nitrogen and oxygen atoms in total. The molecule has 1 amide bonds. The van der Waals surface area contributed by atoms with E-state index in [0.717, 1.165) is 5.56 Å². The minimum absolute atomic E-state index is 0.0156. The number of nitrogens with one attached hydrogen (secondary N) is 3. The second kappa shape index (κ2) is 11.6. The Morgan fingerprint density at radius 2 is 1.23 bits per heavy atom. The highest BCUT2D eigenvalue weighted by Crippen LogP contribution is 2.22. The van der Waals surface area contributed by atoms with Crippen LogP contribution in [-0.2, 0) is 20.0 Å². The third-order valence-electron chi connectivity index (χ3n) is 5.55. The van der Waals surface area contributed by atoms with Crippen molar-refractivity contribution in [3.8, 4) is 5.75 Å².